The predicted molar refractivity (Wildman–Crippen MR) is 114 cm³/mol. The highest BCUT2D eigenvalue weighted by molar-refractivity contribution is 5.93. The molecule has 1 unspecified atom stereocenters. The number of nitrogens with one attached hydrogen (secondary N) is 2. The van der Waals surface area contributed by atoms with Crippen molar-refractivity contribution in [2.45, 2.75) is 31.2 Å². The van der Waals surface area contributed by atoms with Crippen LogP contribution in [0.25, 0.3) is 0 Å². The minimum absolute atomic E-state index is 0. The molecule has 0 saturated carbocycles. The SMILES string of the molecule is Cl.O=C(Nc1ccccc1)C1CCCN(C(=O)C2(n3cccn3)CCNCC2)C1. The van der Waals surface area contributed by atoms with E-state index in [4.69, 9.17) is 0 Å². The molecule has 2 aliphatic heterocycles. The summed E-state index contributed by atoms with van der Waals surface area (Å²) in [5, 5.41) is 10.7. The number of rotatable bonds is 4. The van der Waals surface area contributed by atoms with E-state index in [-0.39, 0.29) is 30.1 Å². The Hall–Kier alpha value is -2.38. The van der Waals surface area contributed by atoms with Crippen molar-refractivity contribution in [2.75, 3.05) is 31.5 Å². The molecule has 2 N–H and O–H groups in total. The molecule has 1 aromatic heterocycles. The number of nitrogens with zero attached hydrogens (tertiary/aromatic N) is 3. The molecule has 2 aliphatic rings. The molecule has 2 amide bonds. The van der Waals surface area contributed by atoms with Gasteiger partial charge in [0.1, 0.15) is 5.54 Å². The third-order valence-corrected chi connectivity index (χ3v) is 5.89. The van der Waals surface area contributed by atoms with E-state index in [2.05, 4.69) is 15.7 Å². The summed E-state index contributed by atoms with van der Waals surface area (Å²) in [4.78, 5) is 28.2. The quantitative estimate of drug-likeness (QED) is 0.799. The number of anilines is 1. The topological polar surface area (TPSA) is 79.3 Å². The molecule has 0 spiro atoms. The Labute approximate surface area is 177 Å². The number of halogens is 1. The fraction of sp³-hybridized carbons (Fsp3) is 0.476. The van der Waals surface area contributed by atoms with Crippen molar-refractivity contribution >= 4 is 29.9 Å². The van der Waals surface area contributed by atoms with E-state index in [1.165, 1.54) is 0 Å². The van der Waals surface area contributed by atoms with E-state index in [0.29, 0.717) is 25.9 Å². The largest absolute Gasteiger partial charge is 0.340 e. The molecule has 7 nitrogen and oxygen atoms in total. The third-order valence-electron chi connectivity index (χ3n) is 5.89. The smallest absolute Gasteiger partial charge is 0.250 e. The lowest BCUT2D eigenvalue weighted by Gasteiger charge is -2.42. The van der Waals surface area contributed by atoms with Crippen LogP contribution in [0.15, 0.2) is 48.8 Å². The second-order valence-electron chi connectivity index (χ2n) is 7.68. The molecule has 8 heteroatoms. The molecule has 3 heterocycles. The van der Waals surface area contributed by atoms with Crippen LogP contribution in [0.1, 0.15) is 25.7 Å². The number of hydrogen-bond acceptors (Lipinski definition) is 4. The van der Waals surface area contributed by atoms with Gasteiger partial charge in [0.05, 0.1) is 5.92 Å². The minimum Gasteiger partial charge on any atom is -0.340 e. The first-order chi connectivity index (χ1) is 13.7. The molecule has 2 fully saturated rings. The molecule has 0 bridgehead atoms. The Morgan fingerprint density at radius 1 is 1.14 bits per heavy atom. The average Bonchev–Trinajstić information content (AvgIpc) is 3.30. The molecule has 0 radical (unpaired) electrons. The van der Waals surface area contributed by atoms with Gasteiger partial charge in [0.15, 0.2) is 0 Å². The lowest BCUT2D eigenvalue weighted by Crippen LogP contribution is -2.58. The Bertz CT molecular complexity index is 806. The van der Waals surface area contributed by atoms with Crippen molar-refractivity contribution in [2.24, 2.45) is 5.92 Å². The zero-order valence-electron chi connectivity index (χ0n) is 16.4. The number of piperidine rings is 2. The molecule has 2 aromatic rings. The molecule has 4 rings (SSSR count). The van der Waals surface area contributed by atoms with E-state index in [1.54, 1.807) is 6.20 Å². The first-order valence-corrected chi connectivity index (χ1v) is 10.1. The number of carbonyl (C=O) groups excluding carboxylic acids is 2. The number of aromatic nitrogens is 2. The Morgan fingerprint density at radius 2 is 1.90 bits per heavy atom. The van der Waals surface area contributed by atoms with E-state index in [9.17, 15) is 9.59 Å². The molecule has 2 saturated heterocycles. The summed E-state index contributed by atoms with van der Waals surface area (Å²) in [5.74, 6) is -0.105. The van der Waals surface area contributed by atoms with Crippen LogP contribution in [-0.2, 0) is 15.1 Å². The van der Waals surface area contributed by atoms with Gasteiger partial charge in [-0.15, -0.1) is 12.4 Å². The van der Waals surface area contributed by atoms with Crippen LogP contribution < -0.4 is 10.6 Å². The van der Waals surface area contributed by atoms with Gasteiger partial charge in [0.2, 0.25) is 5.91 Å². The number of hydrogen-bond donors (Lipinski definition) is 2. The van der Waals surface area contributed by atoms with E-state index >= 15 is 0 Å². The number of carbonyl (C=O) groups is 2. The van der Waals surface area contributed by atoms with Gasteiger partial charge in [0.25, 0.3) is 5.91 Å². The van der Waals surface area contributed by atoms with Gasteiger partial charge >= 0.3 is 0 Å². The van der Waals surface area contributed by atoms with E-state index < -0.39 is 5.54 Å². The van der Waals surface area contributed by atoms with Gasteiger partial charge in [-0.1, -0.05) is 18.2 Å². The fourth-order valence-corrected chi connectivity index (χ4v) is 4.34. The fourth-order valence-electron chi connectivity index (χ4n) is 4.34. The number of amides is 2. The van der Waals surface area contributed by atoms with Gasteiger partial charge in [-0.05, 0) is 57.0 Å². The van der Waals surface area contributed by atoms with Gasteiger partial charge in [-0.3, -0.25) is 14.3 Å². The zero-order valence-corrected chi connectivity index (χ0v) is 17.2. The van der Waals surface area contributed by atoms with Gasteiger partial charge in [-0.25, -0.2) is 0 Å². The van der Waals surface area contributed by atoms with Crippen molar-refractivity contribution in [3.8, 4) is 0 Å². The summed E-state index contributed by atoms with van der Waals surface area (Å²) in [7, 11) is 0. The standard InChI is InChI=1S/C21H27N5O2.ClH/c27-19(24-18-7-2-1-3-8-18)17-6-4-14-25(16-17)20(28)21(9-12-22-13-10-21)26-15-5-11-23-26;/h1-3,5,7-8,11,15,17,22H,4,6,9-10,12-14,16H2,(H,24,27);1H. The van der Waals surface area contributed by atoms with Crippen molar-refractivity contribution in [1.29, 1.82) is 0 Å². The maximum absolute atomic E-state index is 13.6. The van der Waals surface area contributed by atoms with Crippen molar-refractivity contribution in [3.63, 3.8) is 0 Å². The Morgan fingerprint density at radius 3 is 2.59 bits per heavy atom. The van der Waals surface area contributed by atoms with Crippen LogP contribution >= 0.6 is 12.4 Å². The molecular formula is C21H28ClN5O2. The lowest BCUT2D eigenvalue weighted by atomic mass is 9.85. The first-order valence-electron chi connectivity index (χ1n) is 10.1. The molecule has 156 valence electrons. The summed E-state index contributed by atoms with van der Waals surface area (Å²) in [5.41, 5.74) is 0.148. The Balaban J connectivity index is 0.00000240. The number of benzene rings is 1. The predicted octanol–water partition coefficient (Wildman–Crippen LogP) is 2.26. The minimum atomic E-state index is -0.646. The van der Waals surface area contributed by atoms with Crippen molar-refractivity contribution < 1.29 is 9.59 Å². The summed E-state index contributed by atoms with van der Waals surface area (Å²) in [6.07, 6.45) is 6.68. The second-order valence-corrected chi connectivity index (χ2v) is 7.68. The monoisotopic (exact) mass is 417 g/mol. The van der Waals surface area contributed by atoms with E-state index in [1.807, 2.05) is 52.2 Å². The lowest BCUT2D eigenvalue weighted by molar-refractivity contribution is -0.145. The zero-order chi connectivity index (χ0) is 19.4. The summed E-state index contributed by atoms with van der Waals surface area (Å²) >= 11 is 0. The number of likely N-dealkylation sites (tertiary alicyclic amines) is 1. The normalized spacial score (nSPS) is 21.1. The van der Waals surface area contributed by atoms with Crippen molar-refractivity contribution in [1.82, 2.24) is 20.0 Å². The molecule has 1 atom stereocenters. The highest BCUT2D eigenvalue weighted by atomic mass is 35.5. The van der Waals surface area contributed by atoms with E-state index in [0.717, 1.165) is 31.6 Å². The second kappa shape index (κ2) is 9.41. The average molecular weight is 418 g/mol. The van der Waals surface area contributed by atoms with Crippen LogP contribution in [0.4, 0.5) is 5.69 Å². The van der Waals surface area contributed by atoms with Gasteiger partial charge < -0.3 is 15.5 Å². The van der Waals surface area contributed by atoms with Crippen LogP contribution in [0, 0.1) is 5.92 Å². The summed E-state index contributed by atoms with van der Waals surface area (Å²) in [6.45, 7) is 2.74. The van der Waals surface area contributed by atoms with Crippen LogP contribution in [0.3, 0.4) is 0 Å². The highest BCUT2D eigenvalue weighted by Crippen LogP contribution is 2.31. The third kappa shape index (κ3) is 4.46. The highest BCUT2D eigenvalue weighted by Gasteiger charge is 2.45. The Kier molecular flexibility index (Phi) is 6.92. The molecular weight excluding hydrogens is 390 g/mol. The van der Waals surface area contributed by atoms with Crippen LogP contribution in [0.5, 0.6) is 0 Å². The molecule has 29 heavy (non-hydrogen) atoms. The van der Waals surface area contributed by atoms with Crippen LogP contribution in [0.2, 0.25) is 0 Å². The van der Waals surface area contributed by atoms with Crippen LogP contribution in [-0.4, -0.2) is 52.7 Å². The first kappa shape index (κ1) is 21.3. The number of para-hydroxylation sites is 1. The summed E-state index contributed by atoms with van der Waals surface area (Å²) in [6, 6.07) is 11.3. The molecule has 0 aliphatic carbocycles. The van der Waals surface area contributed by atoms with Gasteiger partial charge in [0, 0.05) is 31.2 Å². The maximum atomic E-state index is 13.6. The van der Waals surface area contributed by atoms with Gasteiger partial charge in [-0.2, -0.15) is 5.10 Å². The molecule has 1 aromatic carbocycles. The summed E-state index contributed by atoms with van der Waals surface area (Å²) < 4.78 is 1.82. The van der Waals surface area contributed by atoms with Crippen molar-refractivity contribution in [3.05, 3.63) is 48.8 Å². The maximum Gasteiger partial charge on any atom is 0.250 e.